The molecule has 0 saturated carbocycles. The number of benzene rings is 2. The van der Waals surface area contributed by atoms with Crippen LogP contribution in [0.4, 0.5) is 0 Å². The molecule has 20 heavy (non-hydrogen) atoms. The van der Waals surface area contributed by atoms with E-state index in [1.54, 1.807) is 25.3 Å². The van der Waals surface area contributed by atoms with Crippen LogP contribution in [0, 0.1) is 0 Å². The van der Waals surface area contributed by atoms with Crippen molar-refractivity contribution in [2.75, 3.05) is 7.11 Å². The van der Waals surface area contributed by atoms with E-state index in [1.807, 2.05) is 36.4 Å². The van der Waals surface area contributed by atoms with Gasteiger partial charge in [0.25, 0.3) is 0 Å². The van der Waals surface area contributed by atoms with Gasteiger partial charge >= 0.3 is 5.97 Å². The Bertz CT molecular complexity index is 747. The summed E-state index contributed by atoms with van der Waals surface area (Å²) in [5.74, 6) is 0.861. The first-order valence-electron chi connectivity index (χ1n) is 6.20. The van der Waals surface area contributed by atoms with E-state index >= 15 is 0 Å². The summed E-state index contributed by atoms with van der Waals surface area (Å²) >= 11 is 0. The molecule has 0 atom stereocenters. The highest BCUT2D eigenvalue weighted by Crippen LogP contribution is 2.22. The molecule has 4 heteroatoms. The number of rotatable bonds is 3. The van der Waals surface area contributed by atoms with Crippen LogP contribution in [-0.4, -0.2) is 18.1 Å². The van der Waals surface area contributed by atoms with E-state index in [-0.39, 0.29) is 0 Å². The SMILES string of the molecule is COc1ccc2[nH]c(C(=O)Oc3ccccc3)cc2c1. The van der Waals surface area contributed by atoms with Crippen LogP contribution >= 0.6 is 0 Å². The standard InChI is InChI=1S/C16H13NO3/c1-19-13-7-8-14-11(9-13)10-15(17-14)16(18)20-12-5-3-2-4-6-12/h2-10,17H,1H3. The number of hydrogen-bond donors (Lipinski definition) is 1. The Morgan fingerprint density at radius 3 is 2.55 bits per heavy atom. The van der Waals surface area contributed by atoms with E-state index < -0.39 is 5.97 Å². The number of nitrogens with one attached hydrogen (secondary N) is 1. The first kappa shape index (κ1) is 12.3. The Labute approximate surface area is 115 Å². The molecule has 0 amide bonds. The van der Waals surface area contributed by atoms with E-state index in [4.69, 9.17) is 9.47 Å². The number of fused-ring (bicyclic) bond motifs is 1. The number of hydrogen-bond acceptors (Lipinski definition) is 3. The third kappa shape index (κ3) is 2.36. The number of aromatic amines is 1. The highest BCUT2D eigenvalue weighted by molar-refractivity contribution is 5.96. The second-order valence-electron chi connectivity index (χ2n) is 4.34. The monoisotopic (exact) mass is 267 g/mol. The quantitative estimate of drug-likeness (QED) is 0.584. The van der Waals surface area contributed by atoms with E-state index in [0.29, 0.717) is 11.4 Å². The van der Waals surface area contributed by atoms with Gasteiger partial charge in [-0.3, -0.25) is 0 Å². The highest BCUT2D eigenvalue weighted by Gasteiger charge is 2.12. The van der Waals surface area contributed by atoms with Crippen molar-refractivity contribution in [3.63, 3.8) is 0 Å². The zero-order valence-corrected chi connectivity index (χ0v) is 10.9. The minimum Gasteiger partial charge on any atom is -0.497 e. The lowest BCUT2D eigenvalue weighted by atomic mass is 10.2. The molecule has 0 spiro atoms. The molecule has 100 valence electrons. The Kier molecular flexibility index (Phi) is 3.13. The van der Waals surface area contributed by atoms with Crippen LogP contribution in [0.25, 0.3) is 10.9 Å². The van der Waals surface area contributed by atoms with Crippen molar-refractivity contribution in [1.29, 1.82) is 0 Å². The molecule has 0 aliphatic heterocycles. The van der Waals surface area contributed by atoms with Gasteiger partial charge in [0, 0.05) is 10.9 Å². The number of H-pyrrole nitrogens is 1. The predicted molar refractivity (Wildman–Crippen MR) is 76.3 cm³/mol. The lowest BCUT2D eigenvalue weighted by Crippen LogP contribution is -2.08. The van der Waals surface area contributed by atoms with Crippen LogP contribution in [0.3, 0.4) is 0 Å². The first-order chi connectivity index (χ1) is 9.76. The largest absolute Gasteiger partial charge is 0.497 e. The van der Waals surface area contributed by atoms with Crippen molar-refractivity contribution in [3.05, 3.63) is 60.3 Å². The van der Waals surface area contributed by atoms with E-state index in [0.717, 1.165) is 16.7 Å². The Morgan fingerprint density at radius 1 is 1.00 bits per heavy atom. The van der Waals surface area contributed by atoms with Gasteiger partial charge in [-0.05, 0) is 36.4 Å². The van der Waals surface area contributed by atoms with Gasteiger partial charge in [0.05, 0.1) is 7.11 Å². The number of carbonyl (C=O) groups excluding carboxylic acids is 1. The van der Waals surface area contributed by atoms with Crippen LogP contribution in [0.1, 0.15) is 10.5 Å². The second-order valence-corrected chi connectivity index (χ2v) is 4.34. The van der Waals surface area contributed by atoms with Crippen molar-refractivity contribution in [2.45, 2.75) is 0 Å². The van der Waals surface area contributed by atoms with Crippen LogP contribution in [-0.2, 0) is 0 Å². The summed E-state index contributed by atoms with van der Waals surface area (Å²) in [6, 6.07) is 16.3. The van der Waals surface area contributed by atoms with Crippen LogP contribution in [0.2, 0.25) is 0 Å². The Hall–Kier alpha value is -2.75. The average Bonchev–Trinajstić information content (AvgIpc) is 2.91. The number of para-hydroxylation sites is 1. The first-order valence-corrected chi connectivity index (χ1v) is 6.20. The fourth-order valence-electron chi connectivity index (χ4n) is 2.00. The molecule has 4 nitrogen and oxygen atoms in total. The smallest absolute Gasteiger partial charge is 0.360 e. The molecule has 0 saturated heterocycles. The maximum absolute atomic E-state index is 12.1. The Balaban J connectivity index is 1.88. The van der Waals surface area contributed by atoms with Crippen LogP contribution in [0.5, 0.6) is 11.5 Å². The molecule has 1 heterocycles. The molecule has 0 unspecified atom stereocenters. The normalized spacial score (nSPS) is 10.4. The molecule has 0 bridgehead atoms. The molecule has 3 aromatic rings. The Morgan fingerprint density at radius 2 is 1.80 bits per heavy atom. The van der Waals surface area contributed by atoms with Gasteiger partial charge in [-0.1, -0.05) is 18.2 Å². The van der Waals surface area contributed by atoms with Crippen molar-refractivity contribution < 1.29 is 14.3 Å². The molecular weight excluding hydrogens is 254 g/mol. The van der Waals surface area contributed by atoms with Gasteiger partial charge < -0.3 is 14.5 Å². The number of ether oxygens (including phenoxy) is 2. The molecule has 0 aliphatic rings. The third-order valence-electron chi connectivity index (χ3n) is 3.00. The molecule has 0 aliphatic carbocycles. The van der Waals surface area contributed by atoms with Crippen LogP contribution < -0.4 is 9.47 Å². The van der Waals surface area contributed by atoms with Gasteiger partial charge in [0.2, 0.25) is 0 Å². The summed E-state index contributed by atoms with van der Waals surface area (Å²) in [6.45, 7) is 0. The van der Waals surface area contributed by atoms with Gasteiger partial charge in [-0.25, -0.2) is 4.79 Å². The summed E-state index contributed by atoms with van der Waals surface area (Å²) in [5, 5.41) is 0.907. The minimum atomic E-state index is -0.411. The summed E-state index contributed by atoms with van der Waals surface area (Å²) in [6.07, 6.45) is 0. The highest BCUT2D eigenvalue weighted by atomic mass is 16.5. The number of carbonyl (C=O) groups is 1. The van der Waals surface area contributed by atoms with Gasteiger partial charge in [-0.2, -0.15) is 0 Å². The molecular formula is C16H13NO3. The maximum Gasteiger partial charge on any atom is 0.360 e. The maximum atomic E-state index is 12.1. The van der Waals surface area contributed by atoms with E-state index in [9.17, 15) is 4.79 Å². The summed E-state index contributed by atoms with van der Waals surface area (Å²) in [7, 11) is 1.61. The topological polar surface area (TPSA) is 51.3 Å². The molecule has 1 aromatic heterocycles. The molecule has 0 radical (unpaired) electrons. The minimum absolute atomic E-state index is 0.411. The fraction of sp³-hybridized carbons (Fsp3) is 0.0625. The summed E-state index contributed by atoms with van der Waals surface area (Å²) in [5.41, 5.74) is 1.28. The van der Waals surface area contributed by atoms with Crippen molar-refractivity contribution >= 4 is 16.9 Å². The molecule has 2 aromatic carbocycles. The third-order valence-corrected chi connectivity index (χ3v) is 3.00. The lowest BCUT2D eigenvalue weighted by molar-refractivity contribution is 0.0729. The summed E-state index contributed by atoms with van der Waals surface area (Å²) in [4.78, 5) is 15.1. The van der Waals surface area contributed by atoms with E-state index in [1.165, 1.54) is 0 Å². The average molecular weight is 267 g/mol. The van der Waals surface area contributed by atoms with Crippen LogP contribution in [0.15, 0.2) is 54.6 Å². The fourth-order valence-corrected chi connectivity index (χ4v) is 2.00. The second kappa shape index (κ2) is 5.09. The number of esters is 1. The van der Waals surface area contributed by atoms with Crippen molar-refractivity contribution in [1.82, 2.24) is 4.98 Å². The predicted octanol–water partition coefficient (Wildman–Crippen LogP) is 3.40. The summed E-state index contributed by atoms with van der Waals surface area (Å²) < 4.78 is 10.4. The van der Waals surface area contributed by atoms with Gasteiger partial charge in [0.1, 0.15) is 17.2 Å². The zero-order valence-electron chi connectivity index (χ0n) is 10.9. The van der Waals surface area contributed by atoms with E-state index in [2.05, 4.69) is 4.98 Å². The van der Waals surface area contributed by atoms with Crippen molar-refractivity contribution in [2.24, 2.45) is 0 Å². The molecule has 3 rings (SSSR count). The lowest BCUT2D eigenvalue weighted by Gasteiger charge is -2.01. The van der Waals surface area contributed by atoms with Gasteiger partial charge in [-0.15, -0.1) is 0 Å². The zero-order chi connectivity index (χ0) is 13.9. The van der Waals surface area contributed by atoms with Gasteiger partial charge in [0.15, 0.2) is 0 Å². The molecule has 1 N–H and O–H groups in total. The number of methoxy groups -OCH3 is 1. The number of aromatic nitrogens is 1. The molecule has 0 fully saturated rings. The van der Waals surface area contributed by atoms with Crippen molar-refractivity contribution in [3.8, 4) is 11.5 Å².